The molecule has 0 heterocycles. The summed E-state index contributed by atoms with van der Waals surface area (Å²) in [6.07, 6.45) is 12.3. The Bertz CT molecular complexity index is 1250. The molecule has 0 unspecified atom stereocenters. The van der Waals surface area contributed by atoms with Crippen LogP contribution in [0, 0.1) is 6.92 Å². The van der Waals surface area contributed by atoms with Crippen LogP contribution in [0.5, 0.6) is 0 Å². The SMILES string of the molecule is CCCCCCCCCCCCOS(=O)(=O)c1ccccc1.Cc1ccccc1S.c1ccc(-c2ccccc2)cc1. The normalized spacial score (nSPS) is 10.6. The fourth-order valence-corrected chi connectivity index (χ4v) is 5.36. The molecule has 5 heteroatoms. The minimum atomic E-state index is -3.57. The van der Waals surface area contributed by atoms with Gasteiger partial charge in [-0.3, -0.25) is 4.18 Å². The molecular formula is C37H48O3S2. The highest BCUT2D eigenvalue weighted by molar-refractivity contribution is 7.86. The van der Waals surface area contributed by atoms with Crippen molar-refractivity contribution in [2.24, 2.45) is 0 Å². The van der Waals surface area contributed by atoms with E-state index in [1.165, 1.54) is 68.1 Å². The van der Waals surface area contributed by atoms with Gasteiger partial charge < -0.3 is 0 Å². The summed E-state index contributed by atoms with van der Waals surface area (Å²) in [5.74, 6) is 0. The van der Waals surface area contributed by atoms with Crippen molar-refractivity contribution in [3.63, 3.8) is 0 Å². The molecule has 4 aromatic carbocycles. The predicted octanol–water partition coefficient (Wildman–Crippen LogP) is 11.0. The van der Waals surface area contributed by atoms with E-state index in [9.17, 15) is 8.42 Å². The molecule has 0 aliphatic carbocycles. The average Bonchev–Trinajstić information content (AvgIpc) is 3.03. The summed E-state index contributed by atoms with van der Waals surface area (Å²) >= 11 is 4.20. The van der Waals surface area contributed by atoms with Crippen molar-refractivity contribution in [3.8, 4) is 11.1 Å². The maximum atomic E-state index is 11.9. The van der Waals surface area contributed by atoms with E-state index >= 15 is 0 Å². The summed E-state index contributed by atoms with van der Waals surface area (Å²) < 4.78 is 28.8. The highest BCUT2D eigenvalue weighted by atomic mass is 32.2. The van der Waals surface area contributed by atoms with Gasteiger partial charge in [0.25, 0.3) is 10.1 Å². The summed E-state index contributed by atoms with van der Waals surface area (Å²) in [5.41, 5.74) is 3.78. The summed E-state index contributed by atoms with van der Waals surface area (Å²) in [6.45, 7) is 4.57. The van der Waals surface area contributed by atoms with E-state index in [1.807, 2.05) is 43.3 Å². The van der Waals surface area contributed by atoms with E-state index in [2.05, 4.69) is 68.1 Å². The lowest BCUT2D eigenvalue weighted by Crippen LogP contribution is -2.07. The first-order valence-electron chi connectivity index (χ1n) is 15.2. The molecule has 0 aliphatic rings. The fourth-order valence-electron chi connectivity index (χ4n) is 4.24. The highest BCUT2D eigenvalue weighted by Crippen LogP contribution is 2.17. The van der Waals surface area contributed by atoms with Crippen molar-refractivity contribution in [3.05, 3.63) is 121 Å². The zero-order valence-corrected chi connectivity index (χ0v) is 27.0. The van der Waals surface area contributed by atoms with Crippen molar-refractivity contribution in [2.45, 2.75) is 87.8 Å². The third-order valence-electron chi connectivity index (χ3n) is 6.76. The van der Waals surface area contributed by atoms with Gasteiger partial charge in [-0.1, -0.05) is 162 Å². The van der Waals surface area contributed by atoms with Gasteiger partial charge in [0.1, 0.15) is 0 Å². The molecule has 0 amide bonds. The first-order chi connectivity index (χ1) is 20.4. The molecule has 0 aromatic heterocycles. The van der Waals surface area contributed by atoms with E-state index in [0.29, 0.717) is 0 Å². The van der Waals surface area contributed by atoms with Crippen molar-refractivity contribution in [1.29, 1.82) is 0 Å². The van der Waals surface area contributed by atoms with Crippen LogP contribution in [0.4, 0.5) is 0 Å². The number of benzene rings is 4. The molecule has 0 radical (unpaired) electrons. The number of rotatable bonds is 14. The second-order valence-electron chi connectivity index (χ2n) is 10.3. The van der Waals surface area contributed by atoms with E-state index < -0.39 is 10.1 Å². The Morgan fingerprint density at radius 3 is 1.38 bits per heavy atom. The van der Waals surface area contributed by atoms with Gasteiger partial charge in [-0.05, 0) is 48.2 Å². The number of hydrogen-bond donors (Lipinski definition) is 1. The average molecular weight is 605 g/mol. The molecule has 4 rings (SSSR count). The summed E-state index contributed by atoms with van der Waals surface area (Å²) in [5, 5.41) is 0. The lowest BCUT2D eigenvalue weighted by atomic mass is 10.1. The first kappa shape index (κ1) is 35.3. The Balaban J connectivity index is 0.000000254. The zero-order valence-electron chi connectivity index (χ0n) is 25.3. The monoisotopic (exact) mass is 604 g/mol. The molecule has 226 valence electrons. The number of aryl methyl sites for hydroxylation is 1. The molecule has 0 bridgehead atoms. The minimum Gasteiger partial charge on any atom is -0.266 e. The van der Waals surface area contributed by atoms with Crippen molar-refractivity contribution >= 4 is 22.7 Å². The standard InChI is InChI=1S/C18H30O3S.C12H10.C7H8S/c1-2-3-4-5-6-7-8-9-10-14-17-21-22(19,20)18-15-12-11-13-16-18;1-3-7-11(8-4-1)12-9-5-2-6-10-12;1-6-4-2-3-5-7(6)8/h11-13,15-16H,2-10,14,17H2,1H3;1-10H;2-5,8H,1H3. The van der Waals surface area contributed by atoms with E-state index in [4.69, 9.17) is 4.18 Å². The quantitative estimate of drug-likeness (QED) is 0.0884. The van der Waals surface area contributed by atoms with Crippen LogP contribution in [0.3, 0.4) is 0 Å². The summed E-state index contributed by atoms with van der Waals surface area (Å²) in [6, 6.07) is 37.1. The van der Waals surface area contributed by atoms with Gasteiger partial charge in [-0.15, -0.1) is 12.6 Å². The second kappa shape index (κ2) is 21.8. The van der Waals surface area contributed by atoms with Crippen molar-refractivity contribution in [2.75, 3.05) is 6.61 Å². The van der Waals surface area contributed by atoms with Gasteiger partial charge in [0.05, 0.1) is 11.5 Å². The lowest BCUT2D eigenvalue weighted by Gasteiger charge is -2.05. The summed E-state index contributed by atoms with van der Waals surface area (Å²) in [4.78, 5) is 1.30. The lowest BCUT2D eigenvalue weighted by molar-refractivity contribution is 0.306. The Kier molecular flexibility index (Phi) is 18.3. The van der Waals surface area contributed by atoms with Crippen LogP contribution in [0.2, 0.25) is 0 Å². The smallest absolute Gasteiger partial charge is 0.266 e. The Morgan fingerprint density at radius 1 is 0.548 bits per heavy atom. The van der Waals surface area contributed by atoms with Crippen LogP contribution < -0.4 is 0 Å². The molecular weight excluding hydrogens is 557 g/mol. The predicted molar refractivity (Wildman–Crippen MR) is 182 cm³/mol. The number of thiol groups is 1. The van der Waals surface area contributed by atoms with Gasteiger partial charge in [-0.25, -0.2) is 0 Å². The van der Waals surface area contributed by atoms with E-state index in [-0.39, 0.29) is 11.5 Å². The molecule has 0 aliphatic heterocycles. The second-order valence-corrected chi connectivity index (χ2v) is 12.4. The van der Waals surface area contributed by atoms with E-state index in [1.54, 1.807) is 30.3 Å². The van der Waals surface area contributed by atoms with Crippen molar-refractivity contribution in [1.82, 2.24) is 0 Å². The molecule has 0 saturated heterocycles. The molecule has 0 N–H and O–H groups in total. The summed E-state index contributed by atoms with van der Waals surface area (Å²) in [7, 11) is -3.57. The highest BCUT2D eigenvalue weighted by Gasteiger charge is 2.13. The maximum Gasteiger partial charge on any atom is 0.296 e. The maximum absolute atomic E-state index is 11.9. The molecule has 3 nitrogen and oxygen atoms in total. The molecule has 0 atom stereocenters. The van der Waals surface area contributed by atoms with Gasteiger partial charge >= 0.3 is 0 Å². The topological polar surface area (TPSA) is 43.4 Å². The molecule has 0 saturated carbocycles. The van der Waals surface area contributed by atoms with Crippen LogP contribution in [0.1, 0.15) is 76.7 Å². The minimum absolute atomic E-state index is 0.238. The Morgan fingerprint density at radius 2 is 0.952 bits per heavy atom. The van der Waals surface area contributed by atoms with Gasteiger partial charge in [0.2, 0.25) is 0 Å². The third kappa shape index (κ3) is 15.4. The van der Waals surface area contributed by atoms with Crippen LogP contribution in [-0.2, 0) is 14.3 Å². The first-order valence-corrected chi connectivity index (χ1v) is 17.1. The van der Waals surface area contributed by atoms with Gasteiger partial charge in [0.15, 0.2) is 0 Å². The molecule has 4 aromatic rings. The van der Waals surface area contributed by atoms with Crippen LogP contribution in [-0.4, -0.2) is 15.0 Å². The molecule has 0 spiro atoms. The molecule has 42 heavy (non-hydrogen) atoms. The third-order valence-corrected chi connectivity index (χ3v) is 8.59. The van der Waals surface area contributed by atoms with Gasteiger partial charge in [0, 0.05) is 4.90 Å². The Hall–Kier alpha value is -2.86. The Labute approximate surface area is 260 Å². The largest absolute Gasteiger partial charge is 0.296 e. The van der Waals surface area contributed by atoms with Crippen LogP contribution >= 0.6 is 12.6 Å². The molecule has 0 fully saturated rings. The van der Waals surface area contributed by atoms with Crippen molar-refractivity contribution < 1.29 is 12.6 Å². The number of hydrogen-bond acceptors (Lipinski definition) is 4. The van der Waals surface area contributed by atoms with Crippen LogP contribution in [0.15, 0.2) is 125 Å². The van der Waals surface area contributed by atoms with E-state index in [0.717, 1.165) is 17.7 Å². The number of unbranched alkanes of at least 4 members (excludes halogenated alkanes) is 9. The zero-order chi connectivity index (χ0) is 30.3. The van der Waals surface area contributed by atoms with Gasteiger partial charge in [-0.2, -0.15) is 8.42 Å². The fraction of sp³-hybridized carbons (Fsp3) is 0.351. The van der Waals surface area contributed by atoms with Crippen LogP contribution in [0.25, 0.3) is 11.1 Å².